The van der Waals surface area contributed by atoms with Gasteiger partial charge in [0.05, 0.1) is 19.9 Å². The highest BCUT2D eigenvalue weighted by Gasteiger charge is 2.21. The number of aromatic nitrogens is 2. The molecule has 0 amide bonds. The summed E-state index contributed by atoms with van der Waals surface area (Å²) in [5.74, 6) is -1.84. The van der Waals surface area contributed by atoms with Gasteiger partial charge < -0.3 is 19.7 Å². The van der Waals surface area contributed by atoms with Crippen LogP contribution >= 0.6 is 0 Å². The molecule has 0 saturated carbocycles. The van der Waals surface area contributed by atoms with Gasteiger partial charge in [0.15, 0.2) is 5.69 Å². The number of rotatable bonds is 5. The topological polar surface area (TPSA) is 111 Å². The van der Waals surface area contributed by atoms with Crippen molar-refractivity contribution in [1.82, 2.24) is 9.78 Å². The van der Waals surface area contributed by atoms with Gasteiger partial charge in [-0.25, -0.2) is 9.59 Å². The van der Waals surface area contributed by atoms with Crippen LogP contribution in [-0.4, -0.2) is 46.2 Å². The second-order valence-electron chi connectivity index (χ2n) is 4.40. The van der Waals surface area contributed by atoms with Crippen molar-refractivity contribution >= 4 is 11.9 Å². The Morgan fingerprint density at radius 3 is 2.14 bits per heavy atom. The highest BCUT2D eigenvalue weighted by Crippen LogP contribution is 2.36. The lowest BCUT2D eigenvalue weighted by atomic mass is 10.0. The molecule has 0 aliphatic carbocycles. The molecule has 116 valence electrons. The third-order valence-electron chi connectivity index (χ3n) is 3.13. The molecule has 8 heteroatoms. The summed E-state index contributed by atoms with van der Waals surface area (Å²) in [7, 11) is 4.34. The van der Waals surface area contributed by atoms with Crippen LogP contribution in [0.3, 0.4) is 0 Å². The van der Waals surface area contributed by atoms with Crippen molar-refractivity contribution < 1.29 is 29.3 Å². The molecule has 2 rings (SSSR count). The number of carboxylic acids is 2. The van der Waals surface area contributed by atoms with Crippen LogP contribution in [0.1, 0.15) is 20.8 Å². The molecule has 0 atom stereocenters. The average Bonchev–Trinajstić information content (AvgIpc) is 2.87. The second kappa shape index (κ2) is 5.76. The summed E-state index contributed by atoms with van der Waals surface area (Å²) < 4.78 is 11.6. The van der Waals surface area contributed by atoms with E-state index in [1.54, 1.807) is 7.05 Å². The number of nitrogens with zero attached hydrogens (tertiary/aromatic N) is 2. The van der Waals surface area contributed by atoms with Crippen LogP contribution in [0.2, 0.25) is 0 Å². The van der Waals surface area contributed by atoms with E-state index < -0.39 is 11.9 Å². The number of ether oxygens (including phenoxy) is 2. The molecule has 0 saturated heterocycles. The van der Waals surface area contributed by atoms with Gasteiger partial charge >= 0.3 is 11.9 Å². The zero-order valence-electron chi connectivity index (χ0n) is 12.2. The van der Waals surface area contributed by atoms with Gasteiger partial charge in [-0.3, -0.25) is 4.68 Å². The summed E-state index contributed by atoms with van der Waals surface area (Å²) in [6, 6.07) is 4.15. The molecule has 2 aromatic rings. The minimum absolute atomic E-state index is 0.0589. The minimum atomic E-state index is -1.17. The maximum Gasteiger partial charge on any atom is 0.356 e. The lowest BCUT2D eigenvalue weighted by Gasteiger charge is -2.13. The molecular formula is C14H14N2O6. The molecule has 0 unspecified atom stereocenters. The van der Waals surface area contributed by atoms with E-state index in [-0.39, 0.29) is 17.0 Å². The predicted molar refractivity (Wildman–Crippen MR) is 75.7 cm³/mol. The molecular weight excluding hydrogens is 292 g/mol. The van der Waals surface area contributed by atoms with Crippen molar-refractivity contribution in [3.05, 3.63) is 29.5 Å². The van der Waals surface area contributed by atoms with Gasteiger partial charge in [0.2, 0.25) is 0 Å². The third-order valence-corrected chi connectivity index (χ3v) is 3.13. The SMILES string of the molecule is COc1cc(OC)c(-c2cc(C(=O)O)nn2C)cc1C(=O)O. The van der Waals surface area contributed by atoms with Gasteiger partial charge in [-0.15, -0.1) is 0 Å². The minimum Gasteiger partial charge on any atom is -0.496 e. The van der Waals surface area contributed by atoms with E-state index >= 15 is 0 Å². The Balaban J connectivity index is 2.71. The molecule has 1 aromatic carbocycles. The van der Waals surface area contributed by atoms with E-state index in [0.717, 1.165) is 0 Å². The van der Waals surface area contributed by atoms with Gasteiger partial charge in [-0.1, -0.05) is 0 Å². The fourth-order valence-electron chi connectivity index (χ4n) is 2.09. The number of carbonyl (C=O) groups is 2. The standard InChI is InChI=1S/C14H14N2O6/c1-16-10(5-9(15-16)14(19)20)7-4-8(13(17)18)12(22-3)6-11(7)21-2/h4-6H,1-3H3,(H,17,18)(H,19,20). The van der Waals surface area contributed by atoms with E-state index in [4.69, 9.17) is 14.6 Å². The average molecular weight is 306 g/mol. The first kappa shape index (κ1) is 15.4. The summed E-state index contributed by atoms with van der Waals surface area (Å²) in [5, 5.41) is 22.1. The molecule has 0 aliphatic heterocycles. The zero-order chi connectivity index (χ0) is 16.4. The Hall–Kier alpha value is -3.03. The predicted octanol–water partition coefficient (Wildman–Crippen LogP) is 1.50. The van der Waals surface area contributed by atoms with Gasteiger partial charge in [0, 0.05) is 18.7 Å². The molecule has 0 radical (unpaired) electrons. The monoisotopic (exact) mass is 306 g/mol. The molecule has 0 aliphatic rings. The van der Waals surface area contributed by atoms with Crippen molar-refractivity contribution in [2.75, 3.05) is 14.2 Å². The summed E-state index contributed by atoms with van der Waals surface area (Å²) in [5.41, 5.74) is 0.617. The quantitative estimate of drug-likeness (QED) is 0.861. The number of aryl methyl sites for hydroxylation is 1. The van der Waals surface area contributed by atoms with E-state index in [2.05, 4.69) is 5.10 Å². The Bertz CT molecular complexity index is 750. The number of methoxy groups -OCH3 is 2. The molecule has 0 fully saturated rings. The van der Waals surface area contributed by atoms with Crippen molar-refractivity contribution in [3.8, 4) is 22.8 Å². The summed E-state index contributed by atoms with van der Waals surface area (Å²) in [6.45, 7) is 0. The lowest BCUT2D eigenvalue weighted by molar-refractivity contribution is 0.0680. The van der Waals surface area contributed by atoms with Crippen molar-refractivity contribution in [2.45, 2.75) is 0 Å². The van der Waals surface area contributed by atoms with E-state index in [9.17, 15) is 14.7 Å². The Kier molecular flexibility index (Phi) is 4.02. The molecule has 8 nitrogen and oxygen atoms in total. The Morgan fingerprint density at radius 2 is 1.68 bits per heavy atom. The largest absolute Gasteiger partial charge is 0.496 e. The van der Waals surface area contributed by atoms with Crippen LogP contribution in [0.15, 0.2) is 18.2 Å². The van der Waals surface area contributed by atoms with Crippen LogP contribution in [0.5, 0.6) is 11.5 Å². The first-order valence-electron chi connectivity index (χ1n) is 6.16. The Morgan fingerprint density at radius 1 is 1.05 bits per heavy atom. The third kappa shape index (κ3) is 2.58. The zero-order valence-corrected chi connectivity index (χ0v) is 12.2. The number of hydrogen-bond acceptors (Lipinski definition) is 5. The highest BCUT2D eigenvalue weighted by atomic mass is 16.5. The molecule has 1 aromatic heterocycles. The second-order valence-corrected chi connectivity index (χ2v) is 4.40. The molecule has 22 heavy (non-hydrogen) atoms. The lowest BCUT2D eigenvalue weighted by Crippen LogP contribution is -2.04. The van der Waals surface area contributed by atoms with Crippen LogP contribution in [0.4, 0.5) is 0 Å². The van der Waals surface area contributed by atoms with E-state index in [1.165, 1.54) is 37.1 Å². The Labute approximate surface area is 125 Å². The number of hydrogen-bond donors (Lipinski definition) is 2. The number of carboxylic acid groups (broad SMARTS) is 2. The van der Waals surface area contributed by atoms with Crippen LogP contribution < -0.4 is 9.47 Å². The first-order chi connectivity index (χ1) is 10.4. The van der Waals surface area contributed by atoms with Gasteiger partial charge in [-0.2, -0.15) is 5.10 Å². The number of aromatic carboxylic acids is 2. The van der Waals surface area contributed by atoms with Crippen LogP contribution in [-0.2, 0) is 7.05 Å². The molecule has 2 N–H and O–H groups in total. The fourth-order valence-corrected chi connectivity index (χ4v) is 2.09. The summed E-state index contributed by atoms with van der Waals surface area (Å²) in [4.78, 5) is 22.3. The van der Waals surface area contributed by atoms with Crippen molar-refractivity contribution in [2.24, 2.45) is 7.05 Å². The molecule has 0 bridgehead atoms. The van der Waals surface area contributed by atoms with Gasteiger partial charge in [0.25, 0.3) is 0 Å². The molecule has 0 spiro atoms. The molecule has 1 heterocycles. The smallest absolute Gasteiger partial charge is 0.356 e. The summed E-state index contributed by atoms with van der Waals surface area (Å²) >= 11 is 0. The fraction of sp³-hybridized carbons (Fsp3) is 0.214. The number of benzene rings is 1. The van der Waals surface area contributed by atoms with Crippen molar-refractivity contribution in [3.63, 3.8) is 0 Å². The van der Waals surface area contributed by atoms with E-state index in [0.29, 0.717) is 17.0 Å². The van der Waals surface area contributed by atoms with Crippen LogP contribution in [0.25, 0.3) is 11.3 Å². The van der Waals surface area contributed by atoms with Crippen LogP contribution in [0, 0.1) is 0 Å². The van der Waals surface area contributed by atoms with Gasteiger partial charge in [-0.05, 0) is 12.1 Å². The van der Waals surface area contributed by atoms with Crippen molar-refractivity contribution in [1.29, 1.82) is 0 Å². The summed E-state index contributed by atoms with van der Waals surface area (Å²) in [6.07, 6.45) is 0. The maximum absolute atomic E-state index is 11.3. The first-order valence-corrected chi connectivity index (χ1v) is 6.16. The van der Waals surface area contributed by atoms with Gasteiger partial charge in [0.1, 0.15) is 17.1 Å². The normalized spacial score (nSPS) is 10.3. The van der Waals surface area contributed by atoms with E-state index in [1.807, 2.05) is 0 Å². The maximum atomic E-state index is 11.3. The highest BCUT2D eigenvalue weighted by molar-refractivity contribution is 5.94.